The van der Waals surface area contributed by atoms with Gasteiger partial charge in [-0.15, -0.1) is 0 Å². The molecule has 0 aromatic heterocycles. The van der Waals surface area contributed by atoms with Gasteiger partial charge in [-0.3, -0.25) is 0 Å². The summed E-state index contributed by atoms with van der Waals surface area (Å²) < 4.78 is 6.60. The Morgan fingerprint density at radius 2 is 1.64 bits per heavy atom. The van der Waals surface area contributed by atoms with Gasteiger partial charge in [0, 0.05) is 23.1 Å². The van der Waals surface area contributed by atoms with E-state index in [1.165, 1.54) is 33.4 Å². The van der Waals surface area contributed by atoms with Crippen LogP contribution in [0.25, 0.3) is 11.6 Å². The highest BCUT2D eigenvalue weighted by Crippen LogP contribution is 2.46. The van der Waals surface area contributed by atoms with Crippen molar-refractivity contribution in [1.29, 1.82) is 0 Å². The van der Waals surface area contributed by atoms with Gasteiger partial charge in [-0.05, 0) is 39.7 Å². The Bertz CT molecular complexity index is 872. The van der Waals surface area contributed by atoms with Crippen LogP contribution in [-0.2, 0) is 17.3 Å². The first-order chi connectivity index (χ1) is 11.6. The molecular weight excluding hydrogens is 304 g/mol. The molecule has 2 aromatic carbocycles. The largest absolute Gasteiger partial charge is 0.484 e. The maximum atomic E-state index is 6.60. The molecule has 0 saturated carbocycles. The molecule has 1 nitrogen and oxygen atoms in total. The predicted octanol–water partition coefficient (Wildman–Crippen LogP) is 6.14. The molecule has 25 heavy (non-hydrogen) atoms. The summed E-state index contributed by atoms with van der Waals surface area (Å²) in [5, 5.41) is 0. The Balaban J connectivity index is 1.93. The van der Waals surface area contributed by atoms with Gasteiger partial charge < -0.3 is 4.74 Å². The highest BCUT2D eigenvalue weighted by Gasteiger charge is 2.35. The van der Waals surface area contributed by atoms with Gasteiger partial charge in [0.2, 0.25) is 0 Å². The third-order valence-electron chi connectivity index (χ3n) is 5.44. The molecule has 0 saturated heterocycles. The van der Waals surface area contributed by atoms with Crippen molar-refractivity contribution in [3.05, 3.63) is 64.2 Å². The van der Waals surface area contributed by atoms with Crippen molar-refractivity contribution < 1.29 is 4.74 Å². The molecule has 0 unspecified atom stereocenters. The van der Waals surface area contributed by atoms with Crippen LogP contribution in [0.1, 0.15) is 69.4 Å². The number of fused-ring (bicyclic) bond motifs is 4. The van der Waals surface area contributed by atoms with E-state index in [0.29, 0.717) is 0 Å². The smallest absolute Gasteiger partial charge is 0.131 e. The van der Waals surface area contributed by atoms with E-state index in [9.17, 15) is 0 Å². The Kier molecular flexibility index (Phi) is 3.45. The van der Waals surface area contributed by atoms with Crippen molar-refractivity contribution in [2.45, 2.75) is 64.9 Å². The number of hydrogen-bond acceptors (Lipinski definition) is 1. The van der Waals surface area contributed by atoms with E-state index in [1.54, 1.807) is 0 Å². The summed E-state index contributed by atoms with van der Waals surface area (Å²) in [6.45, 7) is 13.7. The fourth-order valence-electron chi connectivity index (χ4n) is 3.93. The monoisotopic (exact) mass is 332 g/mol. The molecule has 2 aromatic rings. The van der Waals surface area contributed by atoms with Crippen LogP contribution < -0.4 is 4.74 Å². The molecule has 130 valence electrons. The summed E-state index contributed by atoms with van der Waals surface area (Å²) >= 11 is 0. The van der Waals surface area contributed by atoms with E-state index >= 15 is 0 Å². The van der Waals surface area contributed by atoms with Crippen LogP contribution in [0.15, 0.2) is 36.4 Å². The van der Waals surface area contributed by atoms with Crippen LogP contribution in [0.3, 0.4) is 0 Å². The molecule has 0 amide bonds. The second-order valence-corrected chi connectivity index (χ2v) is 9.51. The molecule has 1 atom stereocenters. The summed E-state index contributed by atoms with van der Waals surface area (Å²) in [5.74, 6) is 1.09. The Labute approximate surface area is 151 Å². The van der Waals surface area contributed by atoms with E-state index in [2.05, 4.69) is 84.0 Å². The van der Waals surface area contributed by atoms with E-state index in [1.807, 2.05) is 0 Å². The molecule has 0 spiro atoms. The average Bonchev–Trinajstić information content (AvgIpc) is 2.87. The van der Waals surface area contributed by atoms with Crippen LogP contribution in [0, 0.1) is 0 Å². The Morgan fingerprint density at radius 1 is 0.920 bits per heavy atom. The first-order valence-electron chi connectivity index (χ1n) is 9.30. The van der Waals surface area contributed by atoms with Crippen molar-refractivity contribution in [3.8, 4) is 5.75 Å². The van der Waals surface area contributed by atoms with Crippen LogP contribution in [0.2, 0.25) is 0 Å². The standard InChI is InChI=1S/C24H28O/c1-23(2,3)17-11-16-12-19-18-10-8-7-9-15(18)13-21(19)25-22(16)20(14-17)24(4,5)6/h7-12,14,21H,13H2,1-6H3/t21-/m0/s1. The topological polar surface area (TPSA) is 9.23 Å². The number of ether oxygens (including phenoxy) is 1. The Hall–Kier alpha value is -2.02. The summed E-state index contributed by atoms with van der Waals surface area (Å²) in [6.07, 6.45) is 3.51. The SMILES string of the molecule is CC(C)(C)c1cc2c(c(C(C)(C)C)c1)O[C@H]1Cc3ccccc3C1=C2. The zero-order valence-corrected chi connectivity index (χ0v) is 16.2. The highest BCUT2D eigenvalue weighted by atomic mass is 16.5. The lowest BCUT2D eigenvalue weighted by molar-refractivity contribution is 0.255. The molecule has 1 aliphatic carbocycles. The Morgan fingerprint density at radius 3 is 2.32 bits per heavy atom. The molecular formula is C24H28O. The van der Waals surface area contributed by atoms with Crippen molar-refractivity contribution in [3.63, 3.8) is 0 Å². The van der Waals surface area contributed by atoms with Gasteiger partial charge in [0.25, 0.3) is 0 Å². The molecule has 1 aliphatic heterocycles. The summed E-state index contributed by atoms with van der Waals surface area (Å²) in [6, 6.07) is 13.4. The van der Waals surface area contributed by atoms with Crippen molar-refractivity contribution in [2.75, 3.05) is 0 Å². The predicted molar refractivity (Wildman–Crippen MR) is 106 cm³/mol. The second-order valence-electron chi connectivity index (χ2n) is 9.51. The summed E-state index contributed by atoms with van der Waals surface area (Å²) in [4.78, 5) is 0. The van der Waals surface area contributed by atoms with E-state index < -0.39 is 0 Å². The van der Waals surface area contributed by atoms with Gasteiger partial charge >= 0.3 is 0 Å². The van der Waals surface area contributed by atoms with Crippen LogP contribution >= 0.6 is 0 Å². The zero-order valence-electron chi connectivity index (χ0n) is 16.2. The maximum absolute atomic E-state index is 6.60. The molecule has 0 N–H and O–H groups in total. The number of benzene rings is 2. The lowest BCUT2D eigenvalue weighted by Gasteiger charge is -2.32. The fourth-order valence-corrected chi connectivity index (χ4v) is 3.93. The molecule has 4 rings (SSSR count). The number of rotatable bonds is 0. The van der Waals surface area contributed by atoms with Crippen molar-refractivity contribution >= 4 is 11.6 Å². The molecule has 0 fully saturated rings. The number of hydrogen-bond donors (Lipinski definition) is 0. The van der Waals surface area contributed by atoms with Gasteiger partial charge in [-0.2, -0.15) is 0 Å². The van der Waals surface area contributed by atoms with Crippen LogP contribution in [0.4, 0.5) is 0 Å². The zero-order chi connectivity index (χ0) is 18.0. The van der Waals surface area contributed by atoms with E-state index in [0.717, 1.165) is 12.2 Å². The van der Waals surface area contributed by atoms with Crippen molar-refractivity contribution in [1.82, 2.24) is 0 Å². The van der Waals surface area contributed by atoms with E-state index in [4.69, 9.17) is 4.74 Å². The minimum atomic E-state index is 0.0577. The highest BCUT2D eigenvalue weighted by molar-refractivity contribution is 5.91. The van der Waals surface area contributed by atoms with Gasteiger partial charge in [0.1, 0.15) is 11.9 Å². The first-order valence-corrected chi connectivity index (χ1v) is 9.30. The minimum absolute atomic E-state index is 0.0577. The third-order valence-corrected chi connectivity index (χ3v) is 5.44. The van der Waals surface area contributed by atoms with Gasteiger partial charge in [0.15, 0.2) is 0 Å². The van der Waals surface area contributed by atoms with Crippen LogP contribution in [-0.4, -0.2) is 6.10 Å². The summed E-state index contributed by atoms with van der Waals surface area (Å²) in [7, 11) is 0. The third kappa shape index (κ3) is 2.70. The van der Waals surface area contributed by atoms with Crippen LogP contribution in [0.5, 0.6) is 5.75 Å². The summed E-state index contributed by atoms with van der Waals surface area (Å²) in [5.41, 5.74) is 8.22. The molecule has 1 heterocycles. The first kappa shape index (κ1) is 16.4. The van der Waals surface area contributed by atoms with Gasteiger partial charge in [0.05, 0.1) is 0 Å². The molecule has 1 heteroatoms. The minimum Gasteiger partial charge on any atom is -0.484 e. The fraction of sp³-hybridized carbons (Fsp3) is 0.417. The normalized spacial score (nSPS) is 18.8. The average molecular weight is 332 g/mol. The lowest BCUT2D eigenvalue weighted by Crippen LogP contribution is -2.24. The second kappa shape index (κ2) is 5.24. The van der Waals surface area contributed by atoms with Gasteiger partial charge in [-0.1, -0.05) is 71.9 Å². The quantitative estimate of drug-likeness (QED) is 0.563. The van der Waals surface area contributed by atoms with Gasteiger partial charge in [-0.25, -0.2) is 0 Å². The molecule has 2 aliphatic rings. The molecule has 0 bridgehead atoms. The van der Waals surface area contributed by atoms with E-state index in [-0.39, 0.29) is 16.9 Å². The lowest BCUT2D eigenvalue weighted by atomic mass is 9.78. The molecule has 0 radical (unpaired) electrons. The van der Waals surface area contributed by atoms with Crippen molar-refractivity contribution in [2.24, 2.45) is 0 Å². The maximum Gasteiger partial charge on any atom is 0.131 e.